The molecule has 100 valence electrons. The lowest BCUT2D eigenvalue weighted by atomic mass is 9.95. The van der Waals surface area contributed by atoms with Crippen LogP contribution in [0, 0.1) is 5.92 Å². The van der Waals surface area contributed by atoms with Crippen LogP contribution in [0.3, 0.4) is 0 Å². The third kappa shape index (κ3) is 4.46. The predicted octanol–water partition coefficient (Wildman–Crippen LogP) is 2.36. The molecule has 1 aliphatic rings. The molecule has 0 spiro atoms. The molecular formula is C13H21N3OS. The lowest BCUT2D eigenvalue weighted by Crippen LogP contribution is -2.29. The first-order valence-corrected chi connectivity index (χ1v) is 7.81. The number of hydrogen-bond donors (Lipinski definition) is 1. The average Bonchev–Trinajstić information content (AvgIpc) is 2.45. The minimum Gasteiger partial charge on any atom is -0.478 e. The van der Waals surface area contributed by atoms with Crippen LogP contribution in [0.15, 0.2) is 17.4 Å². The van der Waals surface area contributed by atoms with Crippen molar-refractivity contribution in [2.75, 3.05) is 26.0 Å². The Balaban J connectivity index is 1.65. The fraction of sp³-hybridized carbons (Fsp3) is 0.692. The number of ether oxygens (including phenoxy) is 1. The van der Waals surface area contributed by atoms with Gasteiger partial charge in [0, 0.05) is 12.3 Å². The van der Waals surface area contributed by atoms with Crippen molar-refractivity contribution in [2.24, 2.45) is 5.92 Å². The van der Waals surface area contributed by atoms with Gasteiger partial charge in [-0.2, -0.15) is 4.98 Å². The maximum Gasteiger partial charge on any atom is 0.217 e. The molecule has 0 amide bonds. The minimum atomic E-state index is 0.691. The number of thioether (sulfide) groups is 1. The Hall–Kier alpha value is -0.810. The monoisotopic (exact) mass is 267 g/mol. The Morgan fingerprint density at radius 2 is 2.50 bits per heavy atom. The molecule has 1 unspecified atom stereocenters. The molecular weight excluding hydrogens is 246 g/mol. The van der Waals surface area contributed by atoms with Crippen molar-refractivity contribution in [3.8, 4) is 5.88 Å². The predicted molar refractivity (Wildman–Crippen MR) is 74.1 cm³/mol. The molecule has 1 N–H and O–H groups in total. The summed E-state index contributed by atoms with van der Waals surface area (Å²) in [4.78, 5) is 8.42. The summed E-state index contributed by atoms with van der Waals surface area (Å²) in [6, 6.07) is 1.82. The molecule has 2 rings (SSSR count). The maximum absolute atomic E-state index is 5.65. The highest BCUT2D eigenvalue weighted by Crippen LogP contribution is 2.17. The van der Waals surface area contributed by atoms with Gasteiger partial charge in [0.25, 0.3) is 0 Å². The molecule has 0 aromatic carbocycles. The first kappa shape index (κ1) is 13.6. The Bertz CT molecular complexity index is 356. The van der Waals surface area contributed by atoms with Crippen molar-refractivity contribution in [1.29, 1.82) is 0 Å². The van der Waals surface area contributed by atoms with E-state index in [0.29, 0.717) is 5.88 Å². The van der Waals surface area contributed by atoms with E-state index < -0.39 is 0 Å². The standard InChI is InChI=1S/C13H21N3OS/c1-18-13-15-8-6-12(16-13)17-9-3-5-11-4-2-7-14-10-11/h6,8,11,14H,2-5,7,9-10H2,1H3. The number of rotatable bonds is 6. The highest BCUT2D eigenvalue weighted by atomic mass is 32.2. The third-order valence-corrected chi connectivity index (χ3v) is 3.76. The van der Waals surface area contributed by atoms with Gasteiger partial charge in [-0.1, -0.05) is 11.8 Å². The zero-order valence-electron chi connectivity index (χ0n) is 10.9. The molecule has 1 fully saturated rings. The molecule has 1 atom stereocenters. The minimum absolute atomic E-state index is 0.691. The summed E-state index contributed by atoms with van der Waals surface area (Å²) in [6.07, 6.45) is 8.73. The second-order valence-corrected chi connectivity index (χ2v) is 5.36. The summed E-state index contributed by atoms with van der Waals surface area (Å²) in [6.45, 7) is 3.11. The van der Waals surface area contributed by atoms with E-state index in [1.807, 2.05) is 12.3 Å². The fourth-order valence-corrected chi connectivity index (χ4v) is 2.57. The van der Waals surface area contributed by atoms with Gasteiger partial charge >= 0.3 is 0 Å². The normalized spacial score (nSPS) is 19.7. The topological polar surface area (TPSA) is 47.0 Å². The Morgan fingerprint density at radius 3 is 3.28 bits per heavy atom. The van der Waals surface area contributed by atoms with Crippen LogP contribution < -0.4 is 10.1 Å². The van der Waals surface area contributed by atoms with Crippen LogP contribution in [0.5, 0.6) is 5.88 Å². The third-order valence-electron chi connectivity index (χ3n) is 3.20. The van der Waals surface area contributed by atoms with Crippen molar-refractivity contribution < 1.29 is 4.74 Å². The van der Waals surface area contributed by atoms with Gasteiger partial charge in [0.15, 0.2) is 5.16 Å². The maximum atomic E-state index is 5.65. The van der Waals surface area contributed by atoms with Gasteiger partial charge in [0.05, 0.1) is 6.61 Å². The molecule has 4 nitrogen and oxygen atoms in total. The van der Waals surface area contributed by atoms with E-state index in [-0.39, 0.29) is 0 Å². The first-order valence-electron chi connectivity index (χ1n) is 6.59. The van der Waals surface area contributed by atoms with Gasteiger partial charge in [0.2, 0.25) is 5.88 Å². The molecule has 0 radical (unpaired) electrons. The van der Waals surface area contributed by atoms with Crippen LogP contribution >= 0.6 is 11.8 Å². The quantitative estimate of drug-likeness (QED) is 0.487. The summed E-state index contributed by atoms with van der Waals surface area (Å²) >= 11 is 1.53. The Kier molecular flexibility index (Phi) is 5.74. The largest absolute Gasteiger partial charge is 0.478 e. The lowest BCUT2D eigenvalue weighted by Gasteiger charge is -2.22. The van der Waals surface area contributed by atoms with Crippen LogP contribution in [-0.4, -0.2) is 35.9 Å². The van der Waals surface area contributed by atoms with E-state index in [2.05, 4.69) is 15.3 Å². The van der Waals surface area contributed by atoms with E-state index in [4.69, 9.17) is 4.74 Å². The second kappa shape index (κ2) is 7.59. The van der Waals surface area contributed by atoms with E-state index >= 15 is 0 Å². The van der Waals surface area contributed by atoms with Crippen LogP contribution in [0.1, 0.15) is 25.7 Å². The Morgan fingerprint density at radius 1 is 1.56 bits per heavy atom. The molecule has 1 aromatic heterocycles. The smallest absolute Gasteiger partial charge is 0.217 e. The average molecular weight is 267 g/mol. The van der Waals surface area contributed by atoms with E-state index in [1.54, 1.807) is 6.20 Å². The number of piperidine rings is 1. The molecule has 5 heteroatoms. The molecule has 0 aliphatic carbocycles. The highest BCUT2D eigenvalue weighted by molar-refractivity contribution is 7.98. The summed E-state index contributed by atoms with van der Waals surface area (Å²) in [5.74, 6) is 1.52. The first-order chi connectivity index (χ1) is 8.88. The molecule has 1 aliphatic heterocycles. The van der Waals surface area contributed by atoms with Gasteiger partial charge in [-0.15, -0.1) is 0 Å². The number of nitrogens with one attached hydrogen (secondary N) is 1. The van der Waals surface area contributed by atoms with Crippen molar-refractivity contribution in [3.05, 3.63) is 12.3 Å². The summed E-state index contributed by atoms with van der Waals surface area (Å²) in [5.41, 5.74) is 0. The summed E-state index contributed by atoms with van der Waals surface area (Å²) in [5, 5.41) is 4.21. The number of nitrogens with zero attached hydrogens (tertiary/aromatic N) is 2. The van der Waals surface area contributed by atoms with E-state index in [0.717, 1.165) is 24.1 Å². The summed E-state index contributed by atoms with van der Waals surface area (Å²) < 4.78 is 5.65. The van der Waals surface area contributed by atoms with Crippen LogP contribution in [-0.2, 0) is 0 Å². The van der Waals surface area contributed by atoms with Gasteiger partial charge in [-0.05, 0) is 50.9 Å². The van der Waals surface area contributed by atoms with Crippen molar-refractivity contribution in [3.63, 3.8) is 0 Å². The van der Waals surface area contributed by atoms with Gasteiger partial charge < -0.3 is 10.1 Å². The number of aromatic nitrogens is 2. The molecule has 0 bridgehead atoms. The van der Waals surface area contributed by atoms with E-state index in [1.165, 1.54) is 44.1 Å². The molecule has 1 saturated heterocycles. The zero-order chi connectivity index (χ0) is 12.6. The molecule has 2 heterocycles. The summed E-state index contributed by atoms with van der Waals surface area (Å²) in [7, 11) is 0. The van der Waals surface area contributed by atoms with Crippen molar-refractivity contribution in [2.45, 2.75) is 30.8 Å². The molecule has 18 heavy (non-hydrogen) atoms. The second-order valence-electron chi connectivity index (χ2n) is 4.58. The SMILES string of the molecule is CSc1nccc(OCCCC2CCCNC2)n1. The molecule has 0 saturated carbocycles. The van der Waals surface area contributed by atoms with Crippen LogP contribution in [0.4, 0.5) is 0 Å². The highest BCUT2D eigenvalue weighted by Gasteiger charge is 2.12. The fourth-order valence-electron chi connectivity index (χ4n) is 2.22. The van der Waals surface area contributed by atoms with Crippen molar-refractivity contribution >= 4 is 11.8 Å². The van der Waals surface area contributed by atoms with Gasteiger partial charge in [-0.25, -0.2) is 4.98 Å². The van der Waals surface area contributed by atoms with Crippen LogP contribution in [0.2, 0.25) is 0 Å². The van der Waals surface area contributed by atoms with Crippen molar-refractivity contribution in [1.82, 2.24) is 15.3 Å². The molecule has 1 aromatic rings. The van der Waals surface area contributed by atoms with Gasteiger partial charge in [-0.3, -0.25) is 0 Å². The van der Waals surface area contributed by atoms with Gasteiger partial charge in [0.1, 0.15) is 0 Å². The lowest BCUT2D eigenvalue weighted by molar-refractivity contribution is 0.266. The Labute approximate surface area is 113 Å². The van der Waals surface area contributed by atoms with Crippen LogP contribution in [0.25, 0.3) is 0 Å². The zero-order valence-corrected chi connectivity index (χ0v) is 11.7. The number of hydrogen-bond acceptors (Lipinski definition) is 5. The van der Waals surface area contributed by atoms with E-state index in [9.17, 15) is 0 Å².